The van der Waals surface area contributed by atoms with Gasteiger partial charge < -0.3 is 94.1 Å². The van der Waals surface area contributed by atoms with E-state index in [1.165, 1.54) is 13.8 Å². The molecule has 0 spiro atoms. The monoisotopic (exact) mass is 676 g/mol. The first-order valence-corrected chi connectivity index (χ1v) is 14.7. The number of hydrogen-bond acceptors (Lipinski definition) is 20. The summed E-state index contributed by atoms with van der Waals surface area (Å²) in [7, 11) is 0. The molecule has 11 N–H and O–H groups in total. The maximum atomic E-state index is 12.2. The van der Waals surface area contributed by atoms with Gasteiger partial charge in [0.2, 0.25) is 0 Å². The summed E-state index contributed by atoms with van der Waals surface area (Å²) < 4.78 is 44.4. The molecule has 0 radical (unpaired) electrons. The Balaban J connectivity index is 1.65. The standard InChI is InChI=1S/C26H44O20/c1-6-11(30)15(34)17(36)24(40-6)46-21-16(35)13(32)9(4-27)42-25(21)45-20-14(33)10(5-28)43-26(22(20)41-8(3)29)44-19-12(31)7(2)39-23(38)18(19)37/h6-7,9-28,30-38H,4-5H2,1-3H3/t6-,7-,9+,10+,11-,12-,13-,14+,15+,16-,17+,18+,19+,20-,21+,22+,23+,24-,25+,26+/m0/s1. The van der Waals surface area contributed by atoms with Crippen LogP contribution in [0.25, 0.3) is 0 Å². The Kier molecular flexibility index (Phi) is 12.7. The molecule has 46 heavy (non-hydrogen) atoms. The number of aliphatic hydroxyl groups excluding tert-OH is 11. The summed E-state index contributed by atoms with van der Waals surface area (Å²) >= 11 is 0. The predicted octanol–water partition coefficient (Wildman–Crippen LogP) is -7.12. The quantitative estimate of drug-likeness (QED) is 0.101. The van der Waals surface area contributed by atoms with Crippen LogP contribution in [0.15, 0.2) is 0 Å². The maximum absolute atomic E-state index is 12.2. The molecule has 0 amide bonds. The highest BCUT2D eigenvalue weighted by atomic mass is 16.8. The minimum Gasteiger partial charge on any atom is -0.454 e. The van der Waals surface area contributed by atoms with E-state index in [2.05, 4.69) is 0 Å². The van der Waals surface area contributed by atoms with Crippen molar-refractivity contribution < 1.29 is 98.9 Å². The molecule has 4 aliphatic heterocycles. The SMILES string of the molecule is CC(=O)O[C@H]1[C@@H](O[C@@H]2[C@@H](O)[C@H](C)O[C@@H](O)[C@@H]2O)O[C@H](CO)[C@@H](O)[C@@H]1O[C@H]1O[C@H](CO)[C@H](O)[C@H](O)[C@H]1O[C@@H]1O[C@@H](C)[C@H](O)[C@@H](O)[C@H]1O. The van der Waals surface area contributed by atoms with Gasteiger partial charge in [0.05, 0.1) is 25.4 Å². The zero-order valence-corrected chi connectivity index (χ0v) is 25.1. The van der Waals surface area contributed by atoms with Crippen molar-refractivity contribution in [2.75, 3.05) is 13.2 Å². The molecule has 4 heterocycles. The number of carbonyl (C=O) groups excluding carboxylic acids is 1. The lowest BCUT2D eigenvalue weighted by Crippen LogP contribution is -2.68. The molecule has 268 valence electrons. The first-order chi connectivity index (χ1) is 21.6. The van der Waals surface area contributed by atoms with E-state index in [0.717, 1.165) is 6.92 Å². The summed E-state index contributed by atoms with van der Waals surface area (Å²) in [6.45, 7) is 1.98. The van der Waals surface area contributed by atoms with Crippen LogP contribution >= 0.6 is 0 Å². The maximum Gasteiger partial charge on any atom is 0.303 e. The highest BCUT2D eigenvalue weighted by Gasteiger charge is 2.56. The fourth-order valence-electron chi connectivity index (χ4n) is 5.70. The molecule has 0 saturated carbocycles. The van der Waals surface area contributed by atoms with Gasteiger partial charge in [-0.05, 0) is 13.8 Å². The Hall–Kier alpha value is -1.25. The smallest absolute Gasteiger partial charge is 0.303 e. The minimum atomic E-state index is -1.94. The molecule has 0 aromatic carbocycles. The molecule has 0 aromatic heterocycles. The lowest BCUT2D eigenvalue weighted by Gasteiger charge is -2.49. The van der Waals surface area contributed by atoms with Gasteiger partial charge in [0.15, 0.2) is 31.3 Å². The zero-order chi connectivity index (χ0) is 34.2. The second-order valence-corrected chi connectivity index (χ2v) is 11.7. The third-order valence-corrected chi connectivity index (χ3v) is 8.41. The summed E-state index contributed by atoms with van der Waals surface area (Å²) in [6, 6.07) is 0. The van der Waals surface area contributed by atoms with E-state index in [0.29, 0.717) is 0 Å². The zero-order valence-electron chi connectivity index (χ0n) is 25.1. The second kappa shape index (κ2) is 15.5. The van der Waals surface area contributed by atoms with Crippen LogP contribution < -0.4 is 0 Å². The van der Waals surface area contributed by atoms with Crippen LogP contribution in [-0.2, 0) is 42.7 Å². The molecular formula is C26H44O20. The molecule has 20 atom stereocenters. The summed E-state index contributed by atoms with van der Waals surface area (Å²) in [5.74, 6) is -0.965. The molecule has 0 bridgehead atoms. The van der Waals surface area contributed by atoms with Gasteiger partial charge in [-0.15, -0.1) is 0 Å². The van der Waals surface area contributed by atoms with E-state index in [9.17, 15) is 61.0 Å². The number of esters is 1. The van der Waals surface area contributed by atoms with Crippen molar-refractivity contribution in [2.45, 2.75) is 144 Å². The number of rotatable bonds is 9. The van der Waals surface area contributed by atoms with E-state index >= 15 is 0 Å². The van der Waals surface area contributed by atoms with Gasteiger partial charge in [0.25, 0.3) is 0 Å². The Labute approximate surface area is 262 Å². The van der Waals surface area contributed by atoms with E-state index in [-0.39, 0.29) is 0 Å². The van der Waals surface area contributed by atoms with Crippen LogP contribution in [0.4, 0.5) is 0 Å². The van der Waals surface area contributed by atoms with Gasteiger partial charge in [-0.2, -0.15) is 0 Å². The Bertz CT molecular complexity index is 977. The third kappa shape index (κ3) is 7.64. The van der Waals surface area contributed by atoms with Crippen molar-refractivity contribution in [3.8, 4) is 0 Å². The molecule has 4 rings (SSSR count). The molecule has 4 aliphatic rings. The molecule has 20 heteroatoms. The third-order valence-electron chi connectivity index (χ3n) is 8.41. The van der Waals surface area contributed by atoms with E-state index < -0.39 is 142 Å². The van der Waals surface area contributed by atoms with Crippen LogP contribution in [0.1, 0.15) is 20.8 Å². The Morgan fingerprint density at radius 2 is 1.04 bits per heavy atom. The van der Waals surface area contributed by atoms with Crippen molar-refractivity contribution in [3.05, 3.63) is 0 Å². The summed E-state index contributed by atoms with van der Waals surface area (Å²) in [4.78, 5) is 12.2. The first kappa shape index (κ1) is 37.6. The molecule has 20 nitrogen and oxygen atoms in total. The van der Waals surface area contributed by atoms with Crippen molar-refractivity contribution in [1.82, 2.24) is 0 Å². The molecule has 0 unspecified atom stereocenters. The highest BCUT2D eigenvalue weighted by molar-refractivity contribution is 5.66. The lowest BCUT2D eigenvalue weighted by molar-refractivity contribution is -0.394. The highest BCUT2D eigenvalue weighted by Crippen LogP contribution is 2.35. The average Bonchev–Trinajstić information content (AvgIpc) is 3.01. The number of ether oxygens (including phenoxy) is 8. The minimum absolute atomic E-state index is 0.857. The average molecular weight is 677 g/mol. The van der Waals surface area contributed by atoms with Crippen molar-refractivity contribution in [1.29, 1.82) is 0 Å². The lowest BCUT2D eigenvalue weighted by atomic mass is 9.95. The number of carbonyl (C=O) groups is 1. The fourth-order valence-corrected chi connectivity index (χ4v) is 5.70. The predicted molar refractivity (Wildman–Crippen MR) is 141 cm³/mol. The van der Waals surface area contributed by atoms with Gasteiger partial charge >= 0.3 is 5.97 Å². The first-order valence-electron chi connectivity index (χ1n) is 14.7. The van der Waals surface area contributed by atoms with E-state index in [4.69, 9.17) is 37.9 Å². The molecule has 0 aromatic rings. The summed E-state index contributed by atoms with van der Waals surface area (Å²) in [5.41, 5.74) is 0. The van der Waals surface area contributed by atoms with Crippen molar-refractivity contribution in [3.63, 3.8) is 0 Å². The van der Waals surface area contributed by atoms with Crippen LogP contribution in [0, 0.1) is 0 Å². The fraction of sp³-hybridized carbons (Fsp3) is 0.962. The molecule has 4 fully saturated rings. The van der Waals surface area contributed by atoms with Gasteiger partial charge in [-0.25, -0.2) is 0 Å². The van der Waals surface area contributed by atoms with Crippen LogP contribution in [0.2, 0.25) is 0 Å². The normalized spacial score (nSPS) is 51.9. The number of aliphatic hydroxyl groups is 11. The largest absolute Gasteiger partial charge is 0.454 e. The molecular weight excluding hydrogens is 632 g/mol. The van der Waals surface area contributed by atoms with Crippen molar-refractivity contribution in [2.24, 2.45) is 0 Å². The topological polar surface area (TPSA) is 313 Å². The van der Waals surface area contributed by atoms with Crippen molar-refractivity contribution >= 4 is 5.97 Å². The summed E-state index contributed by atoms with van der Waals surface area (Å²) in [6.07, 6.45) is -33.6. The Morgan fingerprint density at radius 3 is 1.63 bits per heavy atom. The van der Waals surface area contributed by atoms with Gasteiger partial charge in [0.1, 0.15) is 79.4 Å². The van der Waals surface area contributed by atoms with E-state index in [1.807, 2.05) is 0 Å². The van der Waals surface area contributed by atoms with Crippen LogP contribution in [0.5, 0.6) is 0 Å². The molecule has 4 saturated heterocycles. The molecule has 0 aliphatic carbocycles. The van der Waals surface area contributed by atoms with Gasteiger partial charge in [-0.1, -0.05) is 0 Å². The van der Waals surface area contributed by atoms with Crippen LogP contribution in [0.3, 0.4) is 0 Å². The van der Waals surface area contributed by atoms with E-state index in [1.54, 1.807) is 0 Å². The van der Waals surface area contributed by atoms with Gasteiger partial charge in [0, 0.05) is 6.92 Å². The number of hydrogen-bond donors (Lipinski definition) is 11. The summed E-state index contributed by atoms with van der Waals surface area (Å²) in [5, 5.41) is 114. The van der Waals surface area contributed by atoms with Crippen LogP contribution in [-0.4, -0.2) is 198 Å². The second-order valence-electron chi connectivity index (χ2n) is 11.7. The van der Waals surface area contributed by atoms with Gasteiger partial charge in [-0.3, -0.25) is 4.79 Å². The Morgan fingerprint density at radius 1 is 0.522 bits per heavy atom.